The molecule has 2 aromatic rings. The van der Waals surface area contributed by atoms with E-state index in [9.17, 15) is 9.90 Å². The topological polar surface area (TPSA) is 49.3 Å². The lowest BCUT2D eigenvalue weighted by Gasteiger charge is -2.10. The minimum Gasteiger partial charge on any atom is -0.392 e. The second-order valence-corrected chi connectivity index (χ2v) is 6.29. The van der Waals surface area contributed by atoms with Gasteiger partial charge in [-0.3, -0.25) is 4.79 Å². The summed E-state index contributed by atoms with van der Waals surface area (Å²) in [6, 6.07) is 11.5. The number of carbonyl (C=O) groups is 1. The Kier molecular flexibility index (Phi) is 3.83. The molecule has 0 aliphatic heterocycles. The highest BCUT2D eigenvalue weighted by atomic mass is 79.9. The normalized spacial score (nSPS) is 16.6. The molecule has 21 heavy (non-hydrogen) atoms. The Morgan fingerprint density at radius 3 is 2.76 bits per heavy atom. The zero-order valence-corrected chi connectivity index (χ0v) is 13.3. The van der Waals surface area contributed by atoms with Gasteiger partial charge < -0.3 is 10.4 Å². The molecule has 0 bridgehead atoms. The summed E-state index contributed by atoms with van der Waals surface area (Å²) in [4.78, 5) is 12.4. The first-order chi connectivity index (χ1) is 10.0. The Morgan fingerprint density at radius 1 is 1.24 bits per heavy atom. The molecule has 1 amide bonds. The lowest BCUT2D eigenvalue weighted by molar-refractivity contribution is 0.102. The van der Waals surface area contributed by atoms with Crippen molar-refractivity contribution >= 4 is 27.5 Å². The number of benzene rings is 2. The predicted octanol–water partition coefficient (Wildman–Crippen LogP) is 3.47. The number of aryl methyl sites for hydroxylation is 1. The molecule has 1 aliphatic rings. The number of fused-ring (bicyclic) bond motifs is 1. The minimum absolute atomic E-state index is 0.126. The highest BCUT2D eigenvalue weighted by Gasteiger charge is 2.20. The molecule has 3 nitrogen and oxygen atoms in total. The van der Waals surface area contributed by atoms with Gasteiger partial charge in [-0.15, -0.1) is 0 Å². The van der Waals surface area contributed by atoms with Crippen molar-refractivity contribution < 1.29 is 9.90 Å². The summed E-state index contributed by atoms with van der Waals surface area (Å²) >= 11 is 3.42. The highest BCUT2D eigenvalue weighted by Crippen LogP contribution is 2.26. The van der Waals surface area contributed by atoms with Crippen molar-refractivity contribution in [3.8, 4) is 0 Å². The smallest absolute Gasteiger partial charge is 0.257 e. The Labute approximate surface area is 132 Å². The number of hydrogen-bond acceptors (Lipinski definition) is 2. The molecule has 108 valence electrons. The fourth-order valence-corrected chi connectivity index (χ4v) is 3.43. The van der Waals surface area contributed by atoms with Crippen LogP contribution in [0.4, 0.5) is 5.69 Å². The van der Waals surface area contributed by atoms with Crippen molar-refractivity contribution in [2.45, 2.75) is 25.9 Å². The maximum absolute atomic E-state index is 12.4. The Bertz CT molecular complexity index is 692. The summed E-state index contributed by atoms with van der Waals surface area (Å²) in [5.41, 5.74) is 4.63. The van der Waals surface area contributed by atoms with Crippen molar-refractivity contribution in [3.05, 3.63) is 63.1 Å². The lowest BCUT2D eigenvalue weighted by atomic mass is 10.1. The van der Waals surface area contributed by atoms with Gasteiger partial charge in [0.25, 0.3) is 5.91 Å². The van der Waals surface area contributed by atoms with E-state index in [1.165, 1.54) is 0 Å². The van der Waals surface area contributed by atoms with Crippen molar-refractivity contribution in [3.63, 3.8) is 0 Å². The van der Waals surface area contributed by atoms with Crippen LogP contribution in [0.15, 0.2) is 40.9 Å². The van der Waals surface area contributed by atoms with Crippen LogP contribution in [0.2, 0.25) is 0 Å². The van der Waals surface area contributed by atoms with Crippen LogP contribution in [0.3, 0.4) is 0 Å². The van der Waals surface area contributed by atoms with E-state index in [1.54, 1.807) is 0 Å². The molecule has 0 fully saturated rings. The van der Waals surface area contributed by atoms with Gasteiger partial charge >= 0.3 is 0 Å². The van der Waals surface area contributed by atoms with Crippen LogP contribution in [0, 0.1) is 6.92 Å². The zero-order valence-electron chi connectivity index (χ0n) is 11.7. The lowest BCUT2D eigenvalue weighted by Crippen LogP contribution is -2.14. The molecule has 0 saturated carbocycles. The summed E-state index contributed by atoms with van der Waals surface area (Å²) in [5, 5.41) is 12.6. The van der Waals surface area contributed by atoms with Crippen molar-refractivity contribution in [1.29, 1.82) is 0 Å². The van der Waals surface area contributed by atoms with Crippen LogP contribution in [0.5, 0.6) is 0 Å². The van der Waals surface area contributed by atoms with Gasteiger partial charge in [-0.1, -0.05) is 18.2 Å². The summed E-state index contributed by atoms with van der Waals surface area (Å²) in [6.07, 6.45) is 1.07. The second-order valence-electron chi connectivity index (χ2n) is 5.43. The third kappa shape index (κ3) is 2.87. The fraction of sp³-hybridized carbons (Fsp3) is 0.235. The first kappa shape index (κ1) is 14.3. The Morgan fingerprint density at radius 2 is 2.00 bits per heavy atom. The summed E-state index contributed by atoms with van der Waals surface area (Å²) in [7, 11) is 0. The first-order valence-electron chi connectivity index (χ1n) is 6.91. The monoisotopic (exact) mass is 345 g/mol. The molecule has 4 heteroatoms. The molecule has 0 spiro atoms. The number of aliphatic hydroxyl groups is 1. The molecular weight excluding hydrogens is 330 g/mol. The van der Waals surface area contributed by atoms with Crippen LogP contribution in [0.1, 0.15) is 27.0 Å². The van der Waals surface area contributed by atoms with E-state index in [0.717, 1.165) is 26.9 Å². The quantitative estimate of drug-likeness (QED) is 0.875. The fourth-order valence-electron chi connectivity index (χ4n) is 2.79. The maximum Gasteiger partial charge on any atom is 0.257 e. The molecular formula is C17H16BrNO2. The largest absolute Gasteiger partial charge is 0.392 e. The van der Waals surface area contributed by atoms with E-state index in [-0.39, 0.29) is 12.0 Å². The van der Waals surface area contributed by atoms with Gasteiger partial charge in [0.05, 0.1) is 11.7 Å². The van der Waals surface area contributed by atoms with Crippen LogP contribution in [-0.2, 0) is 12.8 Å². The van der Waals surface area contributed by atoms with Gasteiger partial charge in [-0.2, -0.15) is 0 Å². The molecule has 0 radical (unpaired) electrons. The average Bonchev–Trinajstić information content (AvgIpc) is 2.77. The molecule has 2 aromatic carbocycles. The number of amides is 1. The number of aliphatic hydroxyl groups excluding tert-OH is 1. The molecule has 2 N–H and O–H groups in total. The highest BCUT2D eigenvalue weighted by molar-refractivity contribution is 9.10. The van der Waals surface area contributed by atoms with E-state index >= 15 is 0 Å². The number of nitrogens with one attached hydrogen (secondary N) is 1. The molecule has 0 heterocycles. The maximum atomic E-state index is 12.4. The number of hydrogen-bond donors (Lipinski definition) is 2. The van der Waals surface area contributed by atoms with Crippen LogP contribution in [-0.4, -0.2) is 17.1 Å². The van der Waals surface area contributed by atoms with Crippen molar-refractivity contribution in [1.82, 2.24) is 0 Å². The minimum atomic E-state index is -0.295. The van der Waals surface area contributed by atoms with Crippen molar-refractivity contribution in [2.24, 2.45) is 0 Å². The molecule has 1 atom stereocenters. The number of carbonyl (C=O) groups excluding carboxylic acids is 1. The van der Waals surface area contributed by atoms with E-state index in [4.69, 9.17) is 0 Å². The van der Waals surface area contributed by atoms with Crippen molar-refractivity contribution in [2.75, 3.05) is 5.32 Å². The summed E-state index contributed by atoms with van der Waals surface area (Å²) < 4.78 is 0.789. The molecule has 1 unspecified atom stereocenters. The summed E-state index contributed by atoms with van der Waals surface area (Å²) in [6.45, 7) is 1.92. The molecule has 0 saturated heterocycles. The van der Waals surface area contributed by atoms with Gasteiger partial charge in [0.2, 0.25) is 0 Å². The third-order valence-corrected chi connectivity index (χ3v) is 4.49. The van der Waals surface area contributed by atoms with Gasteiger partial charge in [0, 0.05) is 10.2 Å². The van der Waals surface area contributed by atoms with Gasteiger partial charge in [-0.05, 0) is 70.6 Å². The average molecular weight is 346 g/mol. The second kappa shape index (κ2) is 5.62. The summed E-state index contributed by atoms with van der Waals surface area (Å²) in [5.74, 6) is -0.126. The Balaban J connectivity index is 1.84. The zero-order chi connectivity index (χ0) is 15.0. The third-order valence-electron chi connectivity index (χ3n) is 3.82. The van der Waals surface area contributed by atoms with Gasteiger partial charge in [0.1, 0.15) is 0 Å². The van der Waals surface area contributed by atoms with E-state index in [2.05, 4.69) is 21.2 Å². The first-order valence-corrected chi connectivity index (χ1v) is 7.70. The number of anilines is 1. The van der Waals surface area contributed by atoms with E-state index in [1.807, 2.05) is 43.3 Å². The Hall–Kier alpha value is -1.65. The van der Waals surface area contributed by atoms with Crippen LogP contribution in [0.25, 0.3) is 0 Å². The predicted molar refractivity (Wildman–Crippen MR) is 86.7 cm³/mol. The number of rotatable bonds is 2. The standard InChI is InChI=1S/C17H16BrNO2/c1-10-3-2-4-15(18)16(10)17(21)19-13-6-5-11-8-14(20)9-12(11)7-13/h2-7,14,20H,8-9H2,1H3,(H,19,21). The van der Waals surface area contributed by atoms with Gasteiger partial charge in [-0.25, -0.2) is 0 Å². The number of halogens is 1. The SMILES string of the molecule is Cc1cccc(Br)c1C(=O)Nc1ccc2c(c1)CC(O)C2. The van der Waals surface area contributed by atoms with Crippen LogP contribution < -0.4 is 5.32 Å². The molecule has 3 rings (SSSR count). The molecule has 0 aromatic heterocycles. The van der Waals surface area contributed by atoms with Gasteiger partial charge in [0.15, 0.2) is 0 Å². The molecule has 1 aliphatic carbocycles. The van der Waals surface area contributed by atoms with Crippen LogP contribution >= 0.6 is 15.9 Å². The van der Waals surface area contributed by atoms with E-state index < -0.39 is 0 Å². The van der Waals surface area contributed by atoms with E-state index in [0.29, 0.717) is 18.4 Å².